The molecule has 4 N–H and O–H groups in total. The van der Waals surface area contributed by atoms with E-state index >= 15 is 0 Å². The minimum Gasteiger partial charge on any atom is -0.505 e. The topological polar surface area (TPSA) is 93.2 Å². The molecule has 1 aromatic carbocycles. The van der Waals surface area contributed by atoms with Crippen LogP contribution in [0.3, 0.4) is 0 Å². The molecule has 100 valence electrons. The molecule has 0 atom stereocenters. The highest BCUT2D eigenvalue weighted by atomic mass is 19.1. The van der Waals surface area contributed by atoms with E-state index in [1.54, 1.807) is 12.3 Å². The van der Waals surface area contributed by atoms with Crippen LogP contribution in [0.1, 0.15) is 5.56 Å². The number of benzene rings is 1. The first kappa shape index (κ1) is 12.9. The number of halogens is 1. The maximum atomic E-state index is 13.1. The van der Waals surface area contributed by atoms with Crippen LogP contribution >= 0.6 is 0 Å². The first-order valence-corrected chi connectivity index (χ1v) is 5.57. The number of rotatable bonds is 5. The number of amides is 1. The van der Waals surface area contributed by atoms with Crippen LogP contribution in [0.25, 0.3) is 0 Å². The number of para-hydroxylation sites is 1. The number of primary amides is 1. The van der Waals surface area contributed by atoms with Gasteiger partial charge in [-0.1, -0.05) is 12.1 Å². The van der Waals surface area contributed by atoms with Crippen LogP contribution < -0.4 is 11.1 Å². The molecule has 0 aliphatic heterocycles. The fraction of sp³-hybridized carbons (Fsp3) is 0.167. The summed E-state index contributed by atoms with van der Waals surface area (Å²) in [4.78, 5) is 10.7. The molecule has 1 amide bonds. The number of anilines is 1. The highest BCUT2D eigenvalue weighted by Crippen LogP contribution is 2.21. The molecule has 1 aromatic heterocycles. The SMILES string of the molecule is NC(=O)Cn1cc(NCc2cccc(F)c2O)cn1. The van der Waals surface area contributed by atoms with Gasteiger partial charge in [-0.3, -0.25) is 9.48 Å². The van der Waals surface area contributed by atoms with Crippen molar-refractivity contribution in [1.82, 2.24) is 9.78 Å². The number of hydrogen-bond donors (Lipinski definition) is 3. The molecule has 0 radical (unpaired) electrons. The smallest absolute Gasteiger partial charge is 0.239 e. The van der Waals surface area contributed by atoms with Gasteiger partial charge in [-0.05, 0) is 6.07 Å². The van der Waals surface area contributed by atoms with Gasteiger partial charge in [0, 0.05) is 18.3 Å². The van der Waals surface area contributed by atoms with E-state index in [1.807, 2.05) is 0 Å². The molecule has 1 heterocycles. The summed E-state index contributed by atoms with van der Waals surface area (Å²) in [6.45, 7) is 0.235. The first-order valence-electron chi connectivity index (χ1n) is 5.57. The molecule has 0 saturated carbocycles. The number of phenolic OH excluding ortho intramolecular Hbond substituents is 1. The summed E-state index contributed by atoms with van der Waals surface area (Å²) in [5, 5.41) is 16.4. The second-order valence-corrected chi connectivity index (χ2v) is 3.99. The molecule has 0 bridgehead atoms. The molecular formula is C12H13FN4O2. The van der Waals surface area contributed by atoms with Crippen LogP contribution in [-0.4, -0.2) is 20.8 Å². The van der Waals surface area contributed by atoms with Crippen LogP contribution in [0, 0.1) is 5.82 Å². The third kappa shape index (κ3) is 3.21. The predicted molar refractivity (Wildman–Crippen MR) is 66.8 cm³/mol. The van der Waals surface area contributed by atoms with Gasteiger partial charge in [0.25, 0.3) is 0 Å². The molecule has 2 rings (SSSR count). The molecule has 0 aliphatic rings. The van der Waals surface area contributed by atoms with Gasteiger partial charge in [0.05, 0.1) is 11.9 Å². The molecule has 19 heavy (non-hydrogen) atoms. The Labute approximate surface area is 108 Å². The van der Waals surface area contributed by atoms with E-state index in [2.05, 4.69) is 10.4 Å². The third-order valence-electron chi connectivity index (χ3n) is 2.50. The summed E-state index contributed by atoms with van der Waals surface area (Å²) >= 11 is 0. The Morgan fingerprint density at radius 2 is 2.32 bits per heavy atom. The van der Waals surface area contributed by atoms with E-state index < -0.39 is 11.7 Å². The fourth-order valence-corrected chi connectivity index (χ4v) is 1.60. The van der Waals surface area contributed by atoms with Gasteiger partial charge in [0.1, 0.15) is 6.54 Å². The van der Waals surface area contributed by atoms with E-state index in [-0.39, 0.29) is 18.8 Å². The fourth-order valence-electron chi connectivity index (χ4n) is 1.60. The lowest BCUT2D eigenvalue weighted by molar-refractivity contribution is -0.118. The van der Waals surface area contributed by atoms with Crippen LogP contribution in [0.2, 0.25) is 0 Å². The Morgan fingerprint density at radius 3 is 3.05 bits per heavy atom. The van der Waals surface area contributed by atoms with Gasteiger partial charge in [0.2, 0.25) is 5.91 Å². The molecule has 2 aromatic rings. The Hall–Kier alpha value is -2.57. The quantitative estimate of drug-likeness (QED) is 0.745. The average molecular weight is 264 g/mol. The number of aromatic nitrogens is 2. The van der Waals surface area contributed by atoms with Crippen LogP contribution in [0.5, 0.6) is 5.75 Å². The van der Waals surface area contributed by atoms with Crippen molar-refractivity contribution in [1.29, 1.82) is 0 Å². The van der Waals surface area contributed by atoms with Crippen molar-refractivity contribution in [2.45, 2.75) is 13.1 Å². The van der Waals surface area contributed by atoms with Crippen molar-refractivity contribution in [3.63, 3.8) is 0 Å². The lowest BCUT2D eigenvalue weighted by atomic mass is 10.2. The number of nitrogens with two attached hydrogens (primary N) is 1. The molecular weight excluding hydrogens is 251 g/mol. The summed E-state index contributed by atoms with van der Waals surface area (Å²) in [6.07, 6.45) is 3.11. The minimum atomic E-state index is -0.663. The van der Waals surface area contributed by atoms with Gasteiger partial charge < -0.3 is 16.2 Å². The van der Waals surface area contributed by atoms with Crippen molar-refractivity contribution in [3.05, 3.63) is 42.0 Å². The average Bonchev–Trinajstić information content (AvgIpc) is 2.78. The molecule has 0 spiro atoms. The van der Waals surface area contributed by atoms with Crippen LogP contribution in [-0.2, 0) is 17.9 Å². The summed E-state index contributed by atoms with van der Waals surface area (Å²) in [7, 11) is 0. The largest absolute Gasteiger partial charge is 0.505 e. The van der Waals surface area contributed by atoms with Gasteiger partial charge in [-0.2, -0.15) is 5.10 Å². The van der Waals surface area contributed by atoms with Crippen molar-refractivity contribution in [3.8, 4) is 5.75 Å². The second kappa shape index (κ2) is 5.38. The maximum absolute atomic E-state index is 13.1. The monoisotopic (exact) mass is 264 g/mol. The summed E-state index contributed by atoms with van der Waals surface area (Å²) < 4.78 is 14.5. The van der Waals surface area contributed by atoms with E-state index in [1.165, 1.54) is 23.0 Å². The second-order valence-electron chi connectivity index (χ2n) is 3.99. The molecule has 0 fully saturated rings. The Kier molecular flexibility index (Phi) is 3.65. The molecule has 7 heteroatoms. The number of nitrogens with zero attached hydrogens (tertiary/aromatic N) is 2. The first-order chi connectivity index (χ1) is 9.06. The van der Waals surface area contributed by atoms with Gasteiger partial charge in [-0.25, -0.2) is 4.39 Å². The predicted octanol–water partition coefficient (Wildman–Crippen LogP) is 0.825. The van der Waals surface area contributed by atoms with Crippen molar-refractivity contribution < 1.29 is 14.3 Å². The minimum absolute atomic E-state index is 0.00705. The Bertz CT molecular complexity index is 597. The zero-order valence-corrected chi connectivity index (χ0v) is 10.0. The highest BCUT2D eigenvalue weighted by Gasteiger charge is 2.07. The van der Waals surface area contributed by atoms with Crippen molar-refractivity contribution in [2.75, 3.05) is 5.32 Å². The lowest BCUT2D eigenvalue weighted by Crippen LogP contribution is -2.18. The number of carbonyl (C=O) groups excluding carboxylic acids is 1. The number of hydrogen-bond acceptors (Lipinski definition) is 4. The number of nitrogens with one attached hydrogen (secondary N) is 1. The van der Waals surface area contributed by atoms with Crippen LogP contribution in [0.15, 0.2) is 30.6 Å². The Morgan fingerprint density at radius 1 is 1.53 bits per heavy atom. The number of aromatic hydroxyl groups is 1. The maximum Gasteiger partial charge on any atom is 0.239 e. The molecule has 6 nitrogen and oxygen atoms in total. The molecule has 0 aliphatic carbocycles. The van der Waals surface area contributed by atoms with Crippen molar-refractivity contribution in [2.24, 2.45) is 5.73 Å². The molecule has 0 saturated heterocycles. The lowest BCUT2D eigenvalue weighted by Gasteiger charge is -2.06. The zero-order valence-electron chi connectivity index (χ0n) is 10.0. The summed E-state index contributed by atoms with van der Waals surface area (Å²) in [6, 6.07) is 4.31. The standard InChI is InChI=1S/C12H13FN4O2/c13-10-3-1-2-8(12(10)19)4-15-9-5-16-17(6-9)7-11(14)18/h1-3,5-6,15,19H,4,7H2,(H2,14,18). The van der Waals surface area contributed by atoms with E-state index in [0.29, 0.717) is 11.3 Å². The molecule has 0 unspecified atom stereocenters. The van der Waals surface area contributed by atoms with E-state index in [0.717, 1.165) is 0 Å². The number of carbonyl (C=O) groups is 1. The normalized spacial score (nSPS) is 10.4. The van der Waals surface area contributed by atoms with E-state index in [4.69, 9.17) is 5.73 Å². The zero-order chi connectivity index (χ0) is 13.8. The van der Waals surface area contributed by atoms with Gasteiger partial charge in [-0.15, -0.1) is 0 Å². The summed E-state index contributed by atoms with van der Waals surface area (Å²) in [5.41, 5.74) is 6.12. The Balaban J connectivity index is 2.00. The number of phenols is 1. The highest BCUT2D eigenvalue weighted by molar-refractivity contribution is 5.73. The van der Waals surface area contributed by atoms with E-state index in [9.17, 15) is 14.3 Å². The summed E-state index contributed by atoms with van der Waals surface area (Å²) in [5.74, 6) is -1.53. The third-order valence-corrected chi connectivity index (χ3v) is 2.50. The van der Waals surface area contributed by atoms with Crippen LogP contribution in [0.4, 0.5) is 10.1 Å². The van der Waals surface area contributed by atoms with Crippen molar-refractivity contribution >= 4 is 11.6 Å². The van der Waals surface area contributed by atoms with Gasteiger partial charge in [0.15, 0.2) is 11.6 Å². The van der Waals surface area contributed by atoms with Gasteiger partial charge >= 0.3 is 0 Å².